The van der Waals surface area contributed by atoms with Crippen molar-refractivity contribution in [3.05, 3.63) is 35.9 Å². The SMILES string of the molecule is C=CCc1cc(CNCCCOCCCC)cc(OC)c1OCC. The zero-order valence-electron chi connectivity index (χ0n) is 15.5. The van der Waals surface area contributed by atoms with Crippen LogP contribution in [0.1, 0.15) is 44.2 Å². The number of hydrogen-bond donors (Lipinski definition) is 1. The molecule has 0 aliphatic rings. The molecule has 1 aromatic carbocycles. The molecule has 0 amide bonds. The number of hydrogen-bond acceptors (Lipinski definition) is 4. The van der Waals surface area contributed by atoms with Crippen LogP contribution in [-0.4, -0.2) is 33.5 Å². The molecule has 1 N–H and O–H groups in total. The van der Waals surface area contributed by atoms with Crippen molar-refractivity contribution < 1.29 is 14.2 Å². The van der Waals surface area contributed by atoms with Crippen molar-refractivity contribution in [2.75, 3.05) is 33.5 Å². The quantitative estimate of drug-likeness (QED) is 0.410. The monoisotopic (exact) mass is 335 g/mol. The van der Waals surface area contributed by atoms with Gasteiger partial charge in [-0.05, 0) is 44.4 Å². The van der Waals surface area contributed by atoms with Gasteiger partial charge in [-0.1, -0.05) is 25.5 Å². The van der Waals surface area contributed by atoms with Gasteiger partial charge in [0, 0.05) is 25.3 Å². The highest BCUT2D eigenvalue weighted by Crippen LogP contribution is 2.33. The Bertz CT molecular complexity index is 474. The van der Waals surface area contributed by atoms with Gasteiger partial charge >= 0.3 is 0 Å². The van der Waals surface area contributed by atoms with Crippen molar-refractivity contribution in [1.29, 1.82) is 0 Å². The molecule has 0 aliphatic carbocycles. The van der Waals surface area contributed by atoms with E-state index in [0.717, 1.165) is 62.6 Å². The number of benzene rings is 1. The molecule has 4 heteroatoms. The minimum Gasteiger partial charge on any atom is -0.493 e. The molecular weight excluding hydrogens is 302 g/mol. The Kier molecular flexibility index (Phi) is 11.0. The summed E-state index contributed by atoms with van der Waals surface area (Å²) in [5.74, 6) is 1.61. The molecule has 1 rings (SSSR count). The zero-order chi connectivity index (χ0) is 17.6. The Morgan fingerprint density at radius 3 is 2.62 bits per heavy atom. The minimum absolute atomic E-state index is 0.621. The fraction of sp³-hybridized carbons (Fsp3) is 0.600. The molecule has 0 radical (unpaired) electrons. The molecule has 0 aromatic heterocycles. The predicted molar refractivity (Wildman–Crippen MR) is 100 cm³/mol. The lowest BCUT2D eigenvalue weighted by Gasteiger charge is -2.16. The number of rotatable bonds is 14. The average molecular weight is 335 g/mol. The zero-order valence-corrected chi connectivity index (χ0v) is 15.5. The van der Waals surface area contributed by atoms with Gasteiger partial charge in [0.05, 0.1) is 13.7 Å². The van der Waals surface area contributed by atoms with E-state index in [1.807, 2.05) is 19.1 Å². The van der Waals surface area contributed by atoms with Crippen molar-refractivity contribution in [3.8, 4) is 11.5 Å². The summed E-state index contributed by atoms with van der Waals surface area (Å²) in [7, 11) is 1.68. The lowest BCUT2D eigenvalue weighted by Crippen LogP contribution is -2.17. The van der Waals surface area contributed by atoms with Gasteiger partial charge in [-0.2, -0.15) is 0 Å². The molecule has 0 heterocycles. The van der Waals surface area contributed by atoms with Crippen molar-refractivity contribution in [2.45, 2.75) is 46.1 Å². The van der Waals surface area contributed by atoms with Crippen LogP contribution in [-0.2, 0) is 17.7 Å². The molecule has 0 unspecified atom stereocenters. The van der Waals surface area contributed by atoms with Crippen LogP contribution in [0.3, 0.4) is 0 Å². The largest absolute Gasteiger partial charge is 0.493 e. The first-order valence-electron chi connectivity index (χ1n) is 8.98. The van der Waals surface area contributed by atoms with Crippen LogP contribution in [0.2, 0.25) is 0 Å². The lowest BCUT2D eigenvalue weighted by molar-refractivity contribution is 0.129. The van der Waals surface area contributed by atoms with Gasteiger partial charge in [0.15, 0.2) is 11.5 Å². The van der Waals surface area contributed by atoms with Crippen molar-refractivity contribution in [3.63, 3.8) is 0 Å². The lowest BCUT2D eigenvalue weighted by atomic mass is 10.1. The van der Waals surface area contributed by atoms with Gasteiger partial charge in [0.1, 0.15) is 0 Å². The average Bonchev–Trinajstić information content (AvgIpc) is 2.59. The summed E-state index contributed by atoms with van der Waals surface area (Å²) in [5, 5.41) is 3.46. The summed E-state index contributed by atoms with van der Waals surface area (Å²) in [6, 6.07) is 4.21. The Labute approximate surface area is 147 Å². The maximum Gasteiger partial charge on any atom is 0.164 e. The number of unbranched alkanes of at least 4 members (excludes halogenated alkanes) is 1. The van der Waals surface area contributed by atoms with Crippen molar-refractivity contribution in [2.24, 2.45) is 0 Å². The van der Waals surface area contributed by atoms with Crippen LogP contribution < -0.4 is 14.8 Å². The molecule has 0 fully saturated rings. The fourth-order valence-electron chi connectivity index (χ4n) is 2.47. The molecule has 0 spiro atoms. The highest BCUT2D eigenvalue weighted by atomic mass is 16.5. The molecule has 0 atom stereocenters. The van der Waals surface area contributed by atoms with Gasteiger partial charge in [0.25, 0.3) is 0 Å². The van der Waals surface area contributed by atoms with E-state index in [4.69, 9.17) is 14.2 Å². The number of allylic oxidation sites excluding steroid dienone is 1. The Morgan fingerprint density at radius 1 is 1.17 bits per heavy atom. The van der Waals surface area contributed by atoms with Crippen molar-refractivity contribution >= 4 is 0 Å². The number of ether oxygens (including phenoxy) is 3. The van der Waals surface area contributed by atoms with Crippen molar-refractivity contribution in [1.82, 2.24) is 5.32 Å². The summed E-state index contributed by atoms with van der Waals surface area (Å²) in [5.41, 5.74) is 2.31. The summed E-state index contributed by atoms with van der Waals surface area (Å²) < 4.78 is 16.8. The maximum atomic E-state index is 5.75. The molecule has 24 heavy (non-hydrogen) atoms. The van der Waals surface area contributed by atoms with E-state index in [1.165, 1.54) is 12.0 Å². The molecule has 4 nitrogen and oxygen atoms in total. The van der Waals surface area contributed by atoms with Gasteiger partial charge in [-0.15, -0.1) is 6.58 Å². The first kappa shape index (κ1) is 20.5. The normalized spacial score (nSPS) is 10.6. The standard InChI is InChI=1S/C20H33NO3/c1-5-8-12-23-13-9-11-21-16-17-14-18(10-6-2)20(24-7-3)19(15-17)22-4/h6,14-15,21H,2,5,7-13,16H2,1,3-4H3. The predicted octanol–water partition coefficient (Wildman–Crippen LogP) is 4.12. The molecule has 0 saturated carbocycles. The molecule has 0 aliphatic heterocycles. The second kappa shape index (κ2) is 12.8. The molecule has 136 valence electrons. The van der Waals surface area contributed by atoms with Crippen LogP contribution in [0.5, 0.6) is 11.5 Å². The van der Waals surface area contributed by atoms with Crippen LogP contribution in [0.15, 0.2) is 24.8 Å². The van der Waals surface area contributed by atoms with Gasteiger partial charge in [-0.3, -0.25) is 0 Å². The summed E-state index contributed by atoms with van der Waals surface area (Å²) in [6.07, 6.45) is 6.01. The maximum absolute atomic E-state index is 5.75. The topological polar surface area (TPSA) is 39.7 Å². The van der Waals surface area contributed by atoms with Gasteiger partial charge < -0.3 is 19.5 Å². The van der Waals surface area contributed by atoms with E-state index in [-0.39, 0.29) is 0 Å². The van der Waals surface area contributed by atoms with Crippen LogP contribution >= 0.6 is 0 Å². The Hall–Kier alpha value is -1.52. The fourth-order valence-corrected chi connectivity index (χ4v) is 2.47. The van der Waals surface area contributed by atoms with E-state index in [1.54, 1.807) is 7.11 Å². The summed E-state index contributed by atoms with van der Waals surface area (Å²) in [4.78, 5) is 0. The second-order valence-electron chi connectivity index (χ2n) is 5.71. The number of methoxy groups -OCH3 is 1. The van der Waals surface area contributed by atoms with Gasteiger partial charge in [-0.25, -0.2) is 0 Å². The summed E-state index contributed by atoms with van der Waals surface area (Å²) in [6.45, 7) is 12.1. The molecule has 1 aromatic rings. The first-order chi connectivity index (χ1) is 11.8. The highest BCUT2D eigenvalue weighted by molar-refractivity contribution is 5.50. The Balaban J connectivity index is 2.52. The molecular formula is C20H33NO3. The third-order valence-electron chi connectivity index (χ3n) is 3.68. The number of nitrogens with one attached hydrogen (secondary N) is 1. The minimum atomic E-state index is 0.621. The second-order valence-corrected chi connectivity index (χ2v) is 5.71. The first-order valence-corrected chi connectivity index (χ1v) is 8.98. The van der Waals surface area contributed by atoms with Crippen LogP contribution in [0, 0.1) is 0 Å². The van der Waals surface area contributed by atoms with E-state index < -0.39 is 0 Å². The third kappa shape index (κ3) is 7.37. The van der Waals surface area contributed by atoms with Crippen LogP contribution in [0.25, 0.3) is 0 Å². The van der Waals surface area contributed by atoms with E-state index >= 15 is 0 Å². The smallest absolute Gasteiger partial charge is 0.164 e. The van der Waals surface area contributed by atoms with E-state index in [9.17, 15) is 0 Å². The Morgan fingerprint density at radius 2 is 1.96 bits per heavy atom. The van der Waals surface area contributed by atoms with Crippen LogP contribution in [0.4, 0.5) is 0 Å². The molecule has 0 bridgehead atoms. The summed E-state index contributed by atoms with van der Waals surface area (Å²) >= 11 is 0. The van der Waals surface area contributed by atoms with E-state index in [0.29, 0.717) is 6.61 Å². The molecule has 0 saturated heterocycles. The van der Waals surface area contributed by atoms with Gasteiger partial charge in [0.2, 0.25) is 0 Å². The third-order valence-corrected chi connectivity index (χ3v) is 3.68. The highest BCUT2D eigenvalue weighted by Gasteiger charge is 2.12. The van der Waals surface area contributed by atoms with E-state index in [2.05, 4.69) is 24.9 Å².